The Hall–Kier alpha value is -2.11. The molecule has 0 unspecified atom stereocenters. The lowest BCUT2D eigenvalue weighted by atomic mass is 9.97. The highest BCUT2D eigenvalue weighted by Crippen LogP contribution is 2.32. The molecule has 0 bridgehead atoms. The van der Waals surface area contributed by atoms with Crippen molar-refractivity contribution in [2.75, 3.05) is 13.1 Å². The van der Waals surface area contributed by atoms with Gasteiger partial charge in [0.1, 0.15) is 0 Å². The molecule has 2 N–H and O–H groups in total. The van der Waals surface area contributed by atoms with E-state index in [-0.39, 0.29) is 24.8 Å². The van der Waals surface area contributed by atoms with Crippen LogP contribution in [0.25, 0.3) is 22.6 Å². The minimum absolute atomic E-state index is 0. The van der Waals surface area contributed by atoms with E-state index in [0.717, 1.165) is 5.56 Å². The van der Waals surface area contributed by atoms with Crippen LogP contribution in [-0.2, 0) is 16.6 Å². The molecule has 0 amide bonds. The lowest BCUT2D eigenvalue weighted by molar-refractivity contribution is 0.116. The predicted octanol–water partition coefficient (Wildman–Crippen LogP) is 4.59. The molecule has 2 aromatic carbocycles. The van der Waals surface area contributed by atoms with E-state index in [1.165, 1.54) is 0 Å². The van der Waals surface area contributed by atoms with E-state index in [1.807, 2.05) is 6.07 Å². The molecular formula is C21H22Cl2F2N4O3S. The first kappa shape index (κ1) is 25.5. The van der Waals surface area contributed by atoms with Crippen molar-refractivity contribution in [1.82, 2.24) is 20.2 Å². The van der Waals surface area contributed by atoms with Crippen LogP contribution in [0.4, 0.5) is 8.78 Å². The summed E-state index contributed by atoms with van der Waals surface area (Å²) in [4.78, 5) is 0. The van der Waals surface area contributed by atoms with E-state index in [1.54, 1.807) is 36.4 Å². The standard InChI is InChI=1S/C21H21ClF2N4O3S.ClH/c22-16-3-1-2-13(10-16)18-11-14(20-27-28-21(31-20)19(23)24)4-5-15(18)12-26-32(29,30)17-6-8-25-9-7-17;/h1-5,10-11,17,19,25-26H,6-9,12H2;1H. The number of alkyl halides is 2. The van der Waals surface area contributed by atoms with Crippen molar-refractivity contribution in [2.45, 2.75) is 31.1 Å². The van der Waals surface area contributed by atoms with Crippen molar-refractivity contribution in [3.05, 3.63) is 58.9 Å². The van der Waals surface area contributed by atoms with Crippen molar-refractivity contribution in [3.63, 3.8) is 0 Å². The summed E-state index contributed by atoms with van der Waals surface area (Å²) in [5, 5.41) is 10.3. The average molecular weight is 519 g/mol. The number of rotatable bonds is 7. The molecule has 1 aliphatic heterocycles. The molecule has 33 heavy (non-hydrogen) atoms. The smallest absolute Gasteiger partial charge is 0.314 e. The summed E-state index contributed by atoms with van der Waals surface area (Å²) in [6, 6.07) is 12.1. The highest BCUT2D eigenvalue weighted by atomic mass is 35.5. The Labute approximate surface area is 201 Å². The molecule has 0 atom stereocenters. The number of halogens is 4. The maximum Gasteiger partial charge on any atom is 0.314 e. The summed E-state index contributed by atoms with van der Waals surface area (Å²) in [6.07, 6.45) is -1.76. The van der Waals surface area contributed by atoms with Gasteiger partial charge in [0.25, 0.3) is 5.89 Å². The van der Waals surface area contributed by atoms with E-state index in [4.69, 9.17) is 16.0 Å². The third-order valence-corrected chi connectivity index (χ3v) is 7.44. The first-order valence-electron chi connectivity index (χ1n) is 10.0. The van der Waals surface area contributed by atoms with Crippen LogP contribution in [0.1, 0.15) is 30.7 Å². The Morgan fingerprint density at radius 3 is 2.55 bits per heavy atom. The van der Waals surface area contributed by atoms with Gasteiger partial charge in [0.05, 0.1) is 5.25 Å². The second-order valence-corrected chi connectivity index (χ2v) is 9.93. The highest BCUT2D eigenvalue weighted by Gasteiger charge is 2.27. The largest absolute Gasteiger partial charge is 0.415 e. The predicted molar refractivity (Wildman–Crippen MR) is 124 cm³/mol. The molecule has 1 saturated heterocycles. The number of aromatic nitrogens is 2. The number of hydrogen-bond donors (Lipinski definition) is 2. The molecular weight excluding hydrogens is 497 g/mol. The van der Waals surface area contributed by atoms with Gasteiger partial charge >= 0.3 is 6.43 Å². The molecule has 0 spiro atoms. The molecule has 0 aliphatic carbocycles. The maximum absolute atomic E-state index is 12.8. The fourth-order valence-electron chi connectivity index (χ4n) is 3.63. The fraction of sp³-hybridized carbons (Fsp3) is 0.333. The van der Waals surface area contributed by atoms with Gasteiger partial charge in [0.15, 0.2) is 0 Å². The highest BCUT2D eigenvalue weighted by molar-refractivity contribution is 7.90. The van der Waals surface area contributed by atoms with E-state index in [0.29, 0.717) is 47.6 Å². The van der Waals surface area contributed by atoms with Gasteiger partial charge in [-0.15, -0.1) is 22.6 Å². The fourth-order valence-corrected chi connectivity index (χ4v) is 5.27. The lowest BCUT2D eigenvalue weighted by Crippen LogP contribution is -2.41. The quantitative estimate of drug-likeness (QED) is 0.474. The molecule has 1 fully saturated rings. The van der Waals surface area contributed by atoms with E-state index in [9.17, 15) is 17.2 Å². The van der Waals surface area contributed by atoms with Crippen molar-refractivity contribution in [3.8, 4) is 22.6 Å². The van der Waals surface area contributed by atoms with E-state index < -0.39 is 27.6 Å². The molecule has 0 saturated carbocycles. The van der Waals surface area contributed by atoms with Gasteiger partial charge < -0.3 is 9.73 Å². The monoisotopic (exact) mass is 518 g/mol. The van der Waals surface area contributed by atoms with Crippen LogP contribution < -0.4 is 10.0 Å². The number of sulfonamides is 1. The van der Waals surface area contributed by atoms with Crippen LogP contribution in [0.3, 0.4) is 0 Å². The number of hydrogen-bond acceptors (Lipinski definition) is 6. The van der Waals surface area contributed by atoms with Crippen LogP contribution in [-0.4, -0.2) is 37.0 Å². The maximum atomic E-state index is 12.8. The number of benzene rings is 2. The minimum atomic E-state index is -3.50. The summed E-state index contributed by atoms with van der Waals surface area (Å²) < 4.78 is 58.9. The second kappa shape index (κ2) is 10.9. The third kappa shape index (κ3) is 6.07. The van der Waals surface area contributed by atoms with Crippen LogP contribution >= 0.6 is 24.0 Å². The first-order valence-corrected chi connectivity index (χ1v) is 12.0. The SMILES string of the molecule is Cl.O=S(=O)(NCc1ccc(-c2nnc(C(F)F)o2)cc1-c1cccc(Cl)c1)C1CCNCC1. The summed E-state index contributed by atoms with van der Waals surface area (Å²) in [7, 11) is -3.50. The summed E-state index contributed by atoms with van der Waals surface area (Å²) >= 11 is 6.15. The number of piperidine rings is 1. The van der Waals surface area contributed by atoms with Gasteiger partial charge in [-0.2, -0.15) is 8.78 Å². The average Bonchev–Trinajstić information content (AvgIpc) is 3.29. The lowest BCUT2D eigenvalue weighted by Gasteiger charge is -2.23. The molecule has 12 heteroatoms. The molecule has 2 heterocycles. The topological polar surface area (TPSA) is 97.1 Å². The Morgan fingerprint density at radius 1 is 1.12 bits per heavy atom. The van der Waals surface area contributed by atoms with Gasteiger partial charge in [-0.25, -0.2) is 13.1 Å². The molecule has 1 aliphatic rings. The van der Waals surface area contributed by atoms with Crippen LogP contribution in [0.15, 0.2) is 46.9 Å². The molecule has 4 rings (SSSR count). The van der Waals surface area contributed by atoms with Gasteiger partial charge in [0.2, 0.25) is 15.9 Å². The molecule has 178 valence electrons. The van der Waals surface area contributed by atoms with Crippen molar-refractivity contribution in [2.24, 2.45) is 0 Å². The van der Waals surface area contributed by atoms with E-state index >= 15 is 0 Å². The molecule has 7 nitrogen and oxygen atoms in total. The zero-order valence-corrected chi connectivity index (χ0v) is 19.7. The van der Waals surface area contributed by atoms with Gasteiger partial charge in [0, 0.05) is 17.1 Å². The number of nitrogens with zero attached hydrogens (tertiary/aromatic N) is 2. The summed E-state index contributed by atoms with van der Waals surface area (Å²) in [6.45, 7) is 1.40. The Kier molecular flexibility index (Phi) is 8.41. The molecule has 1 aromatic heterocycles. The third-order valence-electron chi connectivity index (χ3n) is 5.31. The Bertz CT molecular complexity index is 1200. The van der Waals surface area contributed by atoms with Gasteiger partial charge in [-0.05, 0) is 66.9 Å². The second-order valence-electron chi connectivity index (χ2n) is 7.44. The zero-order chi connectivity index (χ0) is 22.7. The normalized spacial score (nSPS) is 14.9. The minimum Gasteiger partial charge on any atom is -0.415 e. The summed E-state index contributed by atoms with van der Waals surface area (Å²) in [5.41, 5.74) is 2.55. The Balaban J connectivity index is 0.00000306. The van der Waals surface area contributed by atoms with Gasteiger partial charge in [-0.1, -0.05) is 29.8 Å². The van der Waals surface area contributed by atoms with E-state index in [2.05, 4.69) is 20.2 Å². The van der Waals surface area contributed by atoms with Crippen molar-refractivity contribution < 1.29 is 21.6 Å². The van der Waals surface area contributed by atoms with Crippen LogP contribution in [0, 0.1) is 0 Å². The first-order chi connectivity index (χ1) is 15.3. The molecule has 0 radical (unpaired) electrons. The zero-order valence-electron chi connectivity index (χ0n) is 17.3. The van der Waals surface area contributed by atoms with Crippen LogP contribution in [0.2, 0.25) is 5.02 Å². The summed E-state index contributed by atoms with van der Waals surface area (Å²) in [5.74, 6) is -0.812. The van der Waals surface area contributed by atoms with Crippen molar-refractivity contribution in [1.29, 1.82) is 0 Å². The van der Waals surface area contributed by atoms with Crippen LogP contribution in [0.5, 0.6) is 0 Å². The molecule has 3 aromatic rings. The van der Waals surface area contributed by atoms with Gasteiger partial charge in [-0.3, -0.25) is 0 Å². The van der Waals surface area contributed by atoms with Crippen molar-refractivity contribution >= 4 is 34.0 Å². The number of nitrogens with one attached hydrogen (secondary N) is 2. The Morgan fingerprint density at radius 2 is 1.88 bits per heavy atom.